The first-order chi connectivity index (χ1) is 9.29. The van der Waals surface area contributed by atoms with Crippen molar-refractivity contribution in [3.05, 3.63) is 41.2 Å². The first-order valence-corrected chi connectivity index (χ1v) is 7.33. The Kier molecular flexibility index (Phi) is 3.80. The number of hydrogen-bond donors (Lipinski definition) is 2. The summed E-state index contributed by atoms with van der Waals surface area (Å²) in [5.41, 5.74) is 0.713. The Morgan fingerprint density at radius 1 is 1.40 bits per heavy atom. The largest absolute Gasteiger partial charge is 0.321 e. The number of amides is 1. The minimum atomic E-state index is -3.89. The van der Waals surface area contributed by atoms with Gasteiger partial charge in [-0.1, -0.05) is 11.6 Å². The molecule has 20 heavy (non-hydrogen) atoms. The van der Waals surface area contributed by atoms with Crippen LogP contribution in [0.2, 0.25) is 5.02 Å². The summed E-state index contributed by atoms with van der Waals surface area (Å²) in [6.45, 7) is 0. The van der Waals surface area contributed by atoms with Gasteiger partial charge in [0.2, 0.25) is 10.0 Å². The third-order valence-electron chi connectivity index (χ3n) is 2.55. The molecule has 0 radical (unpaired) electrons. The molecule has 0 aliphatic rings. The van der Waals surface area contributed by atoms with Crippen molar-refractivity contribution in [2.75, 3.05) is 5.32 Å². The molecule has 0 fully saturated rings. The van der Waals surface area contributed by atoms with E-state index in [1.54, 1.807) is 13.1 Å². The molecule has 0 bridgehead atoms. The molecule has 0 unspecified atom stereocenters. The Bertz CT molecular complexity index is 770. The van der Waals surface area contributed by atoms with Gasteiger partial charge in [0.05, 0.1) is 5.02 Å². The zero-order chi connectivity index (χ0) is 14.9. The van der Waals surface area contributed by atoms with E-state index in [4.69, 9.17) is 16.7 Å². The van der Waals surface area contributed by atoms with Gasteiger partial charge < -0.3 is 5.32 Å². The topological polar surface area (TPSA) is 107 Å². The summed E-state index contributed by atoms with van der Waals surface area (Å²) in [4.78, 5) is 11.7. The van der Waals surface area contributed by atoms with Crippen LogP contribution in [0.5, 0.6) is 0 Å². The lowest BCUT2D eigenvalue weighted by molar-refractivity contribution is 0.101. The van der Waals surface area contributed by atoms with Crippen molar-refractivity contribution in [1.82, 2.24) is 9.78 Å². The van der Waals surface area contributed by atoms with Crippen LogP contribution in [0.3, 0.4) is 0 Å². The highest BCUT2D eigenvalue weighted by molar-refractivity contribution is 7.89. The molecule has 0 atom stereocenters. The number of sulfonamides is 1. The van der Waals surface area contributed by atoms with Crippen molar-refractivity contribution in [1.29, 1.82) is 0 Å². The lowest BCUT2D eigenvalue weighted by atomic mass is 10.3. The lowest BCUT2D eigenvalue weighted by Gasteiger charge is -2.07. The maximum atomic E-state index is 11.9. The third kappa shape index (κ3) is 2.98. The van der Waals surface area contributed by atoms with Gasteiger partial charge in [-0.2, -0.15) is 5.10 Å². The number of anilines is 1. The summed E-state index contributed by atoms with van der Waals surface area (Å²) >= 11 is 5.83. The van der Waals surface area contributed by atoms with Crippen LogP contribution in [0, 0.1) is 0 Å². The summed E-state index contributed by atoms with van der Waals surface area (Å²) in [6, 6.07) is 5.50. The predicted octanol–water partition coefficient (Wildman–Crippen LogP) is 0.973. The van der Waals surface area contributed by atoms with Crippen LogP contribution in [0.1, 0.15) is 10.5 Å². The molecule has 0 aliphatic carbocycles. The number of nitrogens with two attached hydrogens (primary N) is 1. The Balaban J connectivity index is 2.26. The quantitative estimate of drug-likeness (QED) is 0.880. The maximum Gasteiger partial charge on any atom is 0.273 e. The van der Waals surface area contributed by atoms with E-state index in [1.165, 1.54) is 29.1 Å². The van der Waals surface area contributed by atoms with E-state index < -0.39 is 10.0 Å². The fourth-order valence-electron chi connectivity index (χ4n) is 1.60. The molecule has 0 aliphatic heterocycles. The fraction of sp³-hybridized carbons (Fsp3) is 0.0909. The van der Waals surface area contributed by atoms with E-state index in [1.807, 2.05) is 0 Å². The number of benzene rings is 1. The number of hydrogen-bond acceptors (Lipinski definition) is 4. The summed E-state index contributed by atoms with van der Waals surface area (Å²) in [6.07, 6.45) is 1.49. The summed E-state index contributed by atoms with van der Waals surface area (Å²) in [5, 5.41) is 11.4. The number of rotatable bonds is 3. The first-order valence-electron chi connectivity index (χ1n) is 5.41. The number of carbonyl (C=O) groups is 1. The van der Waals surface area contributed by atoms with Gasteiger partial charge in [0.1, 0.15) is 10.6 Å². The van der Waals surface area contributed by atoms with Gasteiger partial charge in [-0.25, -0.2) is 13.6 Å². The number of nitrogens with zero attached hydrogens (tertiary/aromatic N) is 2. The Labute approximate surface area is 120 Å². The number of aryl methyl sites for hydroxylation is 1. The van der Waals surface area contributed by atoms with Crippen LogP contribution >= 0.6 is 11.6 Å². The molecule has 0 spiro atoms. The van der Waals surface area contributed by atoms with Crippen LogP contribution in [-0.2, 0) is 17.1 Å². The summed E-state index contributed by atoms with van der Waals surface area (Å²) in [5.74, 6) is -0.385. The van der Waals surface area contributed by atoms with Gasteiger partial charge in [0, 0.05) is 18.9 Å². The molecule has 9 heteroatoms. The van der Waals surface area contributed by atoms with Crippen molar-refractivity contribution in [3.8, 4) is 0 Å². The number of carbonyl (C=O) groups excluding carboxylic acids is 1. The molecule has 3 N–H and O–H groups in total. The first kappa shape index (κ1) is 14.5. The van der Waals surface area contributed by atoms with E-state index in [0.29, 0.717) is 11.4 Å². The van der Waals surface area contributed by atoms with E-state index >= 15 is 0 Å². The zero-order valence-corrected chi connectivity index (χ0v) is 11.9. The standard InChI is InChI=1S/C11H11ClN4O3S/c1-16-9(4-5-14-16)11(17)15-7-2-3-10(8(12)6-7)20(13,18)19/h2-6H,1H3,(H,15,17)(H2,13,18,19). The van der Waals surface area contributed by atoms with Crippen molar-refractivity contribution in [2.24, 2.45) is 12.2 Å². The second-order valence-corrected chi connectivity index (χ2v) is 5.92. The molecule has 1 amide bonds. The Morgan fingerprint density at radius 2 is 2.10 bits per heavy atom. The summed E-state index contributed by atoms with van der Waals surface area (Å²) in [7, 11) is -2.26. The number of halogens is 1. The van der Waals surface area contributed by atoms with E-state index in [-0.39, 0.29) is 15.8 Å². The van der Waals surface area contributed by atoms with Gasteiger partial charge in [-0.3, -0.25) is 9.48 Å². The highest BCUT2D eigenvalue weighted by Crippen LogP contribution is 2.24. The van der Waals surface area contributed by atoms with Crippen molar-refractivity contribution < 1.29 is 13.2 Å². The van der Waals surface area contributed by atoms with Gasteiger partial charge in [0.25, 0.3) is 5.91 Å². The minimum absolute atomic E-state index is 0.0599. The Morgan fingerprint density at radius 3 is 2.60 bits per heavy atom. The van der Waals surface area contributed by atoms with E-state index in [9.17, 15) is 13.2 Å². The highest BCUT2D eigenvalue weighted by Gasteiger charge is 2.15. The van der Waals surface area contributed by atoms with Gasteiger partial charge in [0.15, 0.2) is 0 Å². The van der Waals surface area contributed by atoms with Crippen LogP contribution < -0.4 is 10.5 Å². The summed E-state index contributed by atoms with van der Waals surface area (Å²) < 4.78 is 23.8. The average Bonchev–Trinajstić information content (AvgIpc) is 2.73. The Hall–Kier alpha value is -1.90. The molecule has 0 saturated heterocycles. The van der Waals surface area contributed by atoms with Crippen LogP contribution in [0.15, 0.2) is 35.4 Å². The molecule has 2 aromatic rings. The van der Waals surface area contributed by atoms with Crippen molar-refractivity contribution in [2.45, 2.75) is 4.90 Å². The number of primary sulfonamides is 1. The van der Waals surface area contributed by atoms with Crippen LogP contribution in [0.25, 0.3) is 0 Å². The zero-order valence-electron chi connectivity index (χ0n) is 10.4. The molecule has 2 rings (SSSR count). The van der Waals surface area contributed by atoms with Crippen molar-refractivity contribution in [3.63, 3.8) is 0 Å². The SMILES string of the molecule is Cn1nccc1C(=O)Nc1ccc(S(N)(=O)=O)c(Cl)c1. The number of nitrogens with one attached hydrogen (secondary N) is 1. The lowest BCUT2D eigenvalue weighted by Crippen LogP contribution is -2.17. The molecular weight excluding hydrogens is 304 g/mol. The van der Waals surface area contributed by atoms with Crippen LogP contribution in [0.4, 0.5) is 5.69 Å². The molecule has 1 heterocycles. The van der Waals surface area contributed by atoms with Crippen molar-refractivity contribution >= 4 is 33.2 Å². The van der Waals surface area contributed by atoms with Gasteiger partial charge in [-0.05, 0) is 24.3 Å². The molecule has 7 nitrogen and oxygen atoms in total. The minimum Gasteiger partial charge on any atom is -0.321 e. The molecule has 1 aromatic carbocycles. The smallest absolute Gasteiger partial charge is 0.273 e. The average molecular weight is 315 g/mol. The van der Waals surface area contributed by atoms with Gasteiger partial charge >= 0.3 is 0 Å². The second kappa shape index (κ2) is 5.23. The highest BCUT2D eigenvalue weighted by atomic mass is 35.5. The number of aromatic nitrogens is 2. The predicted molar refractivity (Wildman–Crippen MR) is 74.0 cm³/mol. The van der Waals surface area contributed by atoms with E-state index in [0.717, 1.165) is 0 Å². The molecule has 106 valence electrons. The van der Waals surface area contributed by atoms with Gasteiger partial charge in [-0.15, -0.1) is 0 Å². The molecular formula is C11H11ClN4O3S. The maximum absolute atomic E-state index is 11.9. The third-order valence-corrected chi connectivity index (χ3v) is 3.94. The monoisotopic (exact) mass is 314 g/mol. The molecule has 1 aromatic heterocycles. The van der Waals surface area contributed by atoms with Crippen LogP contribution in [-0.4, -0.2) is 24.1 Å². The molecule has 0 saturated carbocycles. The second-order valence-electron chi connectivity index (χ2n) is 3.98. The van der Waals surface area contributed by atoms with E-state index in [2.05, 4.69) is 10.4 Å². The normalized spacial score (nSPS) is 11.3. The fourth-order valence-corrected chi connectivity index (χ4v) is 2.69.